The van der Waals surface area contributed by atoms with E-state index in [0.29, 0.717) is 17.1 Å². The van der Waals surface area contributed by atoms with Crippen LogP contribution in [0.3, 0.4) is 0 Å². The van der Waals surface area contributed by atoms with Gasteiger partial charge in [0.15, 0.2) is 11.5 Å². The van der Waals surface area contributed by atoms with Gasteiger partial charge in [-0.25, -0.2) is 14.4 Å². The third-order valence-electron chi connectivity index (χ3n) is 4.97. The second kappa shape index (κ2) is 10.5. The van der Waals surface area contributed by atoms with Crippen LogP contribution in [-0.4, -0.2) is 57.4 Å². The van der Waals surface area contributed by atoms with Gasteiger partial charge < -0.3 is 24.5 Å². The Morgan fingerprint density at radius 3 is 2.69 bits per heavy atom. The highest BCUT2D eigenvalue weighted by Crippen LogP contribution is 2.22. The number of esters is 2. The number of urea groups is 1. The number of tetrazole rings is 1. The van der Waals surface area contributed by atoms with Crippen LogP contribution in [0.5, 0.6) is 0 Å². The lowest BCUT2D eigenvalue weighted by Gasteiger charge is -2.26. The van der Waals surface area contributed by atoms with Gasteiger partial charge in [-0.3, -0.25) is 0 Å². The number of amides is 2. The van der Waals surface area contributed by atoms with E-state index in [2.05, 4.69) is 26.2 Å². The fourth-order valence-corrected chi connectivity index (χ4v) is 3.44. The number of benzene rings is 1. The van der Waals surface area contributed by atoms with Crippen molar-refractivity contribution >= 4 is 29.7 Å². The Morgan fingerprint density at radius 1 is 1.17 bits per heavy atom. The van der Waals surface area contributed by atoms with Crippen LogP contribution in [0.15, 0.2) is 64.4 Å². The first kappa shape index (κ1) is 23.4. The van der Waals surface area contributed by atoms with Crippen molar-refractivity contribution in [2.75, 3.05) is 13.2 Å². The minimum atomic E-state index is -0.818. The van der Waals surface area contributed by atoms with Crippen LogP contribution in [-0.2, 0) is 19.1 Å². The molecule has 12 nitrogen and oxygen atoms in total. The smallest absolute Gasteiger partial charge is 0.357 e. The molecule has 0 unspecified atom stereocenters. The number of rotatable bonds is 8. The van der Waals surface area contributed by atoms with Crippen molar-refractivity contribution in [1.29, 1.82) is 0 Å². The molecular weight excluding hydrogens is 456 g/mol. The van der Waals surface area contributed by atoms with Crippen LogP contribution in [0.2, 0.25) is 0 Å². The molecule has 0 spiro atoms. The van der Waals surface area contributed by atoms with Crippen LogP contribution in [0.25, 0.3) is 23.2 Å². The highest BCUT2D eigenvalue weighted by atomic mass is 16.5. The van der Waals surface area contributed by atoms with E-state index in [9.17, 15) is 14.4 Å². The van der Waals surface area contributed by atoms with Crippen molar-refractivity contribution in [2.24, 2.45) is 0 Å². The zero-order chi connectivity index (χ0) is 24.8. The Kier molecular flexibility index (Phi) is 7.00. The molecule has 0 bridgehead atoms. The molecule has 1 aromatic carbocycles. The van der Waals surface area contributed by atoms with Crippen LogP contribution in [0.4, 0.5) is 4.79 Å². The van der Waals surface area contributed by atoms with Crippen molar-refractivity contribution in [2.45, 2.75) is 19.9 Å². The minimum Gasteiger partial charge on any atom is -0.465 e. The number of carbonyl (C=O) groups is 3. The summed E-state index contributed by atoms with van der Waals surface area (Å²) in [5.74, 6) is -0.781. The van der Waals surface area contributed by atoms with Crippen LogP contribution in [0, 0.1) is 0 Å². The zero-order valence-corrected chi connectivity index (χ0v) is 18.9. The number of carbonyl (C=O) groups excluding carboxylic acids is 3. The second-order valence-electron chi connectivity index (χ2n) is 7.33. The molecule has 12 heteroatoms. The van der Waals surface area contributed by atoms with Crippen LogP contribution in [0.1, 0.15) is 19.6 Å². The molecule has 3 heterocycles. The number of furan rings is 1. The summed E-state index contributed by atoms with van der Waals surface area (Å²) in [6.45, 7) is 3.04. The highest BCUT2D eigenvalue weighted by molar-refractivity contribution is 6.15. The largest absolute Gasteiger partial charge is 0.465 e. The SMILES string of the molecule is CCOC(=O)C1=C(COC(=O)/C(=C\c2ccco2)n2nnnc2-c2ccccc2)NC(=O)N[C@@H]1C. The van der Waals surface area contributed by atoms with E-state index in [-0.39, 0.29) is 23.6 Å². The van der Waals surface area contributed by atoms with Crippen LogP contribution < -0.4 is 10.6 Å². The molecule has 1 atom stereocenters. The van der Waals surface area contributed by atoms with Gasteiger partial charge in [-0.15, -0.1) is 5.10 Å². The Balaban J connectivity index is 1.66. The molecule has 35 heavy (non-hydrogen) atoms. The highest BCUT2D eigenvalue weighted by Gasteiger charge is 2.31. The average Bonchev–Trinajstić information content (AvgIpc) is 3.53. The molecule has 2 amide bonds. The summed E-state index contributed by atoms with van der Waals surface area (Å²) < 4.78 is 17.2. The molecule has 2 aromatic heterocycles. The molecule has 0 fully saturated rings. The predicted molar refractivity (Wildman–Crippen MR) is 122 cm³/mol. The van der Waals surface area contributed by atoms with E-state index >= 15 is 0 Å². The molecule has 4 rings (SSSR count). The molecule has 3 aromatic rings. The Bertz CT molecular complexity index is 1280. The molecule has 0 saturated carbocycles. The van der Waals surface area contributed by atoms with E-state index in [1.165, 1.54) is 17.0 Å². The van der Waals surface area contributed by atoms with E-state index in [4.69, 9.17) is 13.9 Å². The number of nitrogens with zero attached hydrogens (tertiary/aromatic N) is 4. The van der Waals surface area contributed by atoms with Gasteiger partial charge in [0.1, 0.15) is 12.4 Å². The summed E-state index contributed by atoms with van der Waals surface area (Å²) in [7, 11) is 0. The summed E-state index contributed by atoms with van der Waals surface area (Å²) in [6.07, 6.45) is 2.88. The topological polar surface area (TPSA) is 150 Å². The molecule has 2 N–H and O–H groups in total. The van der Waals surface area contributed by atoms with Gasteiger partial charge in [-0.05, 0) is 36.4 Å². The number of aromatic nitrogens is 4. The first-order valence-corrected chi connectivity index (χ1v) is 10.7. The summed E-state index contributed by atoms with van der Waals surface area (Å²) in [5, 5.41) is 16.8. The monoisotopic (exact) mass is 478 g/mol. The van der Waals surface area contributed by atoms with Gasteiger partial charge in [-0.2, -0.15) is 4.68 Å². The fraction of sp³-hybridized carbons (Fsp3) is 0.217. The lowest BCUT2D eigenvalue weighted by Crippen LogP contribution is -2.50. The van der Waals surface area contributed by atoms with Crippen molar-refractivity contribution in [1.82, 2.24) is 30.8 Å². The van der Waals surface area contributed by atoms with Crippen molar-refractivity contribution in [3.63, 3.8) is 0 Å². The van der Waals surface area contributed by atoms with E-state index in [0.717, 1.165) is 0 Å². The number of hydrogen-bond acceptors (Lipinski definition) is 9. The maximum absolute atomic E-state index is 13.2. The first-order valence-electron chi connectivity index (χ1n) is 10.7. The van der Waals surface area contributed by atoms with Crippen molar-refractivity contribution in [3.8, 4) is 11.4 Å². The molecule has 1 aliphatic rings. The second-order valence-corrected chi connectivity index (χ2v) is 7.33. The summed E-state index contributed by atoms with van der Waals surface area (Å²) >= 11 is 0. The normalized spacial score (nSPS) is 15.9. The molecular formula is C23H22N6O6. The van der Waals surface area contributed by atoms with E-state index in [1.54, 1.807) is 38.1 Å². The number of nitrogens with one attached hydrogen (secondary N) is 2. The molecule has 0 radical (unpaired) electrons. The van der Waals surface area contributed by atoms with Gasteiger partial charge >= 0.3 is 18.0 Å². The number of hydrogen-bond donors (Lipinski definition) is 2. The minimum absolute atomic E-state index is 0.0459. The van der Waals surface area contributed by atoms with E-state index in [1.807, 2.05) is 18.2 Å². The lowest BCUT2D eigenvalue weighted by atomic mass is 10.0. The van der Waals surface area contributed by atoms with Crippen molar-refractivity contribution in [3.05, 3.63) is 65.8 Å². The van der Waals surface area contributed by atoms with E-state index < -0.39 is 30.6 Å². The fourth-order valence-electron chi connectivity index (χ4n) is 3.44. The molecule has 0 aliphatic carbocycles. The van der Waals surface area contributed by atoms with Gasteiger partial charge in [-0.1, -0.05) is 30.3 Å². The summed E-state index contributed by atoms with van der Waals surface area (Å²) in [6, 6.07) is 11.2. The zero-order valence-electron chi connectivity index (χ0n) is 18.9. The Morgan fingerprint density at radius 2 is 1.97 bits per heavy atom. The summed E-state index contributed by atoms with van der Waals surface area (Å²) in [5.41, 5.74) is 0.895. The van der Waals surface area contributed by atoms with Gasteiger partial charge in [0.05, 0.1) is 30.2 Å². The third-order valence-corrected chi connectivity index (χ3v) is 4.97. The molecule has 1 aliphatic heterocycles. The average molecular weight is 478 g/mol. The Labute approximate surface area is 199 Å². The third kappa shape index (κ3) is 5.27. The van der Waals surface area contributed by atoms with Crippen LogP contribution >= 0.6 is 0 Å². The first-order chi connectivity index (χ1) is 17.0. The standard InChI is InChI=1S/C23H22N6O6/c1-3-33-22(31)19-14(2)24-23(32)25-17(19)13-35-21(30)18(12-16-10-7-11-34-16)29-20(26-27-28-29)15-8-5-4-6-9-15/h4-12,14H,3,13H2,1-2H3,(H2,24,25,32)/b18-12+/t14-/m1/s1. The maximum Gasteiger partial charge on any atom is 0.357 e. The summed E-state index contributed by atoms with van der Waals surface area (Å²) in [4.78, 5) is 37.7. The number of ether oxygens (including phenoxy) is 2. The quantitative estimate of drug-likeness (QED) is 0.366. The van der Waals surface area contributed by atoms with Gasteiger partial charge in [0, 0.05) is 11.6 Å². The predicted octanol–water partition coefficient (Wildman–Crippen LogP) is 1.99. The molecule has 180 valence electrons. The molecule has 0 saturated heterocycles. The van der Waals surface area contributed by atoms with Crippen molar-refractivity contribution < 1.29 is 28.3 Å². The Hall–Kier alpha value is -4.74. The van der Waals surface area contributed by atoms with Gasteiger partial charge in [0.2, 0.25) is 0 Å². The van der Waals surface area contributed by atoms with Gasteiger partial charge in [0.25, 0.3) is 0 Å². The lowest BCUT2D eigenvalue weighted by molar-refractivity contribution is -0.140. The maximum atomic E-state index is 13.2.